The minimum Gasteiger partial charge on any atom is -0.490 e. The summed E-state index contributed by atoms with van der Waals surface area (Å²) in [6.45, 7) is 6.25. The van der Waals surface area contributed by atoms with Crippen LogP contribution in [0.5, 0.6) is 5.75 Å². The Hall–Kier alpha value is -5.52. The van der Waals surface area contributed by atoms with Gasteiger partial charge in [0.25, 0.3) is 11.8 Å². The van der Waals surface area contributed by atoms with Crippen molar-refractivity contribution in [3.63, 3.8) is 0 Å². The van der Waals surface area contributed by atoms with Crippen LogP contribution in [-0.4, -0.2) is 102 Å². The second-order valence-electron chi connectivity index (χ2n) is 15.6. The number of carbonyl (C=O) groups excluding carboxylic acids is 5. The lowest BCUT2D eigenvalue weighted by molar-refractivity contribution is -0.136. The second-order valence-corrected chi connectivity index (χ2v) is 16.0. The number of rotatable bonds is 9. The number of imide groups is 2. The van der Waals surface area contributed by atoms with Crippen molar-refractivity contribution >= 4 is 58.3 Å². The zero-order valence-electron chi connectivity index (χ0n) is 31.6. The van der Waals surface area contributed by atoms with Gasteiger partial charge in [0.1, 0.15) is 23.7 Å². The number of fused-ring (bicyclic) bond motifs is 1. The van der Waals surface area contributed by atoms with E-state index in [-0.39, 0.29) is 30.8 Å². The Balaban J connectivity index is 0.751. The van der Waals surface area contributed by atoms with E-state index < -0.39 is 29.7 Å². The lowest BCUT2D eigenvalue weighted by Crippen LogP contribution is -2.54. The number of carbonyl (C=O) groups is 5. The van der Waals surface area contributed by atoms with Gasteiger partial charge in [-0.05, 0) is 93.3 Å². The fourth-order valence-corrected chi connectivity index (χ4v) is 8.95. The summed E-state index contributed by atoms with van der Waals surface area (Å²) < 4.78 is 6.08. The summed E-state index contributed by atoms with van der Waals surface area (Å²) in [4.78, 5) is 76.3. The highest BCUT2D eigenvalue weighted by Crippen LogP contribution is 2.33. The largest absolute Gasteiger partial charge is 0.490 e. The lowest BCUT2D eigenvalue weighted by Gasteiger charge is -2.40. The molecule has 5 heterocycles. The van der Waals surface area contributed by atoms with Crippen LogP contribution < -0.4 is 25.2 Å². The average molecular weight is 793 g/mol. The highest BCUT2D eigenvalue weighted by molar-refractivity contribution is 6.31. The summed E-state index contributed by atoms with van der Waals surface area (Å²) in [6, 6.07) is 15.4. The number of nitrogens with one attached hydrogen (secondary N) is 2. The Morgan fingerprint density at radius 2 is 1.61 bits per heavy atom. The molecule has 5 aliphatic rings. The fraction of sp³-hybridized carbons (Fsp3) is 0.452. The van der Waals surface area contributed by atoms with Gasteiger partial charge in [0.05, 0.1) is 39.7 Å². The van der Waals surface area contributed by atoms with Crippen molar-refractivity contribution in [1.29, 1.82) is 5.26 Å². The second kappa shape index (κ2) is 16.5. The molecular weight excluding hydrogens is 748 g/mol. The Bertz CT molecular complexity index is 2100. The van der Waals surface area contributed by atoms with E-state index in [1.807, 2.05) is 18.2 Å². The molecule has 4 aliphatic heterocycles. The van der Waals surface area contributed by atoms with E-state index in [2.05, 4.69) is 31.4 Å². The molecular formula is C42H45ClN8O6. The van der Waals surface area contributed by atoms with E-state index in [1.54, 1.807) is 36.5 Å². The maximum Gasteiger partial charge on any atom is 0.262 e. The lowest BCUT2D eigenvalue weighted by atomic mass is 9.86. The number of amides is 5. The number of nitrogens with zero attached hydrogens (tertiary/aromatic N) is 6. The minimum atomic E-state index is -0.973. The molecule has 5 amide bonds. The number of nitriles is 1. The van der Waals surface area contributed by atoms with Crippen LogP contribution in [0.3, 0.4) is 0 Å². The summed E-state index contributed by atoms with van der Waals surface area (Å²) >= 11 is 6.15. The van der Waals surface area contributed by atoms with Crippen LogP contribution in [0, 0.1) is 23.2 Å². The van der Waals surface area contributed by atoms with E-state index in [0.29, 0.717) is 39.1 Å². The standard InChI is InChI=1S/C42H45ClN8O6/c43-35-22-32(8-3-28(35)23-44)57-31-6-1-27(2-7-31)39(53)46-29-4-11-37(45-24-29)50-15-13-26(14-16-50)25-48-17-19-49(20-18-48)30-5-9-33-34(21-30)42(56)51(41(33)55)36-10-12-38(52)47-40(36)54/h3-5,8-9,11,21-22,24,26-27,31,36H,1-2,6-7,10,12-20,25H2,(H,46,53)(H,47,52,54). The number of piperidine rings is 2. The first-order chi connectivity index (χ1) is 27.6. The molecule has 0 bridgehead atoms. The first-order valence-electron chi connectivity index (χ1n) is 19.8. The van der Waals surface area contributed by atoms with Gasteiger partial charge < -0.3 is 19.9 Å². The van der Waals surface area contributed by atoms with Crippen molar-refractivity contribution in [3.8, 4) is 11.8 Å². The van der Waals surface area contributed by atoms with Crippen LogP contribution in [0.25, 0.3) is 0 Å². The van der Waals surface area contributed by atoms with Crippen LogP contribution in [-0.2, 0) is 14.4 Å². The van der Waals surface area contributed by atoms with E-state index in [4.69, 9.17) is 26.6 Å². The number of aromatic nitrogens is 1. The van der Waals surface area contributed by atoms with Crippen molar-refractivity contribution in [2.75, 3.05) is 60.9 Å². The number of hydrogen-bond donors (Lipinski definition) is 2. The molecule has 3 aromatic rings. The molecule has 296 valence electrons. The van der Waals surface area contributed by atoms with Crippen LogP contribution >= 0.6 is 11.6 Å². The first kappa shape index (κ1) is 38.4. The third-order valence-electron chi connectivity index (χ3n) is 12.0. The van der Waals surface area contributed by atoms with Gasteiger partial charge in [-0.15, -0.1) is 0 Å². The topological polar surface area (TPSA) is 168 Å². The van der Waals surface area contributed by atoms with Crippen molar-refractivity contribution in [2.45, 2.75) is 63.5 Å². The third kappa shape index (κ3) is 8.31. The van der Waals surface area contributed by atoms with Crippen LogP contribution in [0.2, 0.25) is 5.02 Å². The zero-order valence-corrected chi connectivity index (χ0v) is 32.4. The molecule has 1 saturated carbocycles. The van der Waals surface area contributed by atoms with E-state index in [9.17, 15) is 24.0 Å². The number of anilines is 3. The molecule has 1 aliphatic carbocycles. The molecule has 1 aromatic heterocycles. The fourth-order valence-electron chi connectivity index (χ4n) is 8.74. The molecule has 8 rings (SSSR count). The monoisotopic (exact) mass is 792 g/mol. The van der Waals surface area contributed by atoms with Crippen molar-refractivity contribution in [1.82, 2.24) is 20.1 Å². The molecule has 15 heteroatoms. The summed E-state index contributed by atoms with van der Waals surface area (Å²) in [7, 11) is 0. The SMILES string of the molecule is N#Cc1ccc(OC2CCC(C(=O)Nc3ccc(N4CCC(CN5CCN(c6ccc7c(c6)C(=O)N(C6CCC(=O)NC6=O)C7=O)CC5)CC4)nc3)CC2)cc1Cl. The quantitative estimate of drug-likeness (QED) is 0.290. The summed E-state index contributed by atoms with van der Waals surface area (Å²) in [5.74, 6) is 0.0613. The van der Waals surface area contributed by atoms with Gasteiger partial charge in [-0.2, -0.15) is 5.26 Å². The molecule has 3 saturated heterocycles. The first-order valence-corrected chi connectivity index (χ1v) is 20.2. The van der Waals surface area contributed by atoms with E-state index in [0.717, 1.165) is 101 Å². The molecule has 14 nitrogen and oxygen atoms in total. The van der Waals surface area contributed by atoms with Gasteiger partial charge in [0, 0.05) is 69.9 Å². The maximum absolute atomic E-state index is 13.3. The number of ether oxygens (including phenoxy) is 1. The molecule has 0 spiro atoms. The molecule has 57 heavy (non-hydrogen) atoms. The molecule has 2 aromatic carbocycles. The van der Waals surface area contributed by atoms with Crippen LogP contribution in [0.15, 0.2) is 54.7 Å². The van der Waals surface area contributed by atoms with Gasteiger partial charge in [-0.1, -0.05) is 11.6 Å². The van der Waals surface area contributed by atoms with E-state index >= 15 is 0 Å². The normalized spacial score (nSPS) is 23.2. The van der Waals surface area contributed by atoms with Crippen LogP contribution in [0.4, 0.5) is 17.2 Å². The highest BCUT2D eigenvalue weighted by atomic mass is 35.5. The predicted octanol–water partition coefficient (Wildman–Crippen LogP) is 4.62. The predicted molar refractivity (Wildman–Crippen MR) is 212 cm³/mol. The van der Waals surface area contributed by atoms with Gasteiger partial charge in [0.15, 0.2) is 0 Å². The Labute approximate surface area is 336 Å². The minimum absolute atomic E-state index is 0.00236. The van der Waals surface area contributed by atoms with Crippen molar-refractivity contribution in [3.05, 3.63) is 76.4 Å². The number of piperazine rings is 1. The van der Waals surface area contributed by atoms with Gasteiger partial charge >= 0.3 is 0 Å². The molecule has 4 fully saturated rings. The third-order valence-corrected chi connectivity index (χ3v) is 12.4. The summed E-state index contributed by atoms with van der Waals surface area (Å²) in [5, 5.41) is 14.8. The van der Waals surface area contributed by atoms with Gasteiger partial charge in [-0.3, -0.25) is 39.1 Å². The smallest absolute Gasteiger partial charge is 0.262 e. The molecule has 1 unspecified atom stereocenters. The van der Waals surface area contributed by atoms with Crippen molar-refractivity contribution < 1.29 is 28.7 Å². The number of hydrogen-bond acceptors (Lipinski definition) is 11. The zero-order chi connectivity index (χ0) is 39.6. The van der Waals surface area contributed by atoms with E-state index in [1.165, 1.54) is 0 Å². The van der Waals surface area contributed by atoms with Gasteiger partial charge in [-0.25, -0.2) is 4.98 Å². The Kier molecular flexibility index (Phi) is 11.1. The molecule has 2 N–H and O–H groups in total. The number of benzene rings is 2. The molecule has 1 atom stereocenters. The van der Waals surface area contributed by atoms with Crippen LogP contribution in [0.1, 0.15) is 77.6 Å². The maximum atomic E-state index is 13.3. The Morgan fingerprint density at radius 3 is 2.30 bits per heavy atom. The molecule has 0 radical (unpaired) electrons. The van der Waals surface area contributed by atoms with Crippen molar-refractivity contribution in [2.24, 2.45) is 11.8 Å². The Morgan fingerprint density at radius 1 is 0.860 bits per heavy atom. The average Bonchev–Trinajstić information content (AvgIpc) is 3.47. The summed E-state index contributed by atoms with van der Waals surface area (Å²) in [5.41, 5.74) is 2.59. The number of pyridine rings is 1. The number of halogens is 1. The highest BCUT2D eigenvalue weighted by Gasteiger charge is 2.45. The van der Waals surface area contributed by atoms with Gasteiger partial charge in [0.2, 0.25) is 17.7 Å². The summed E-state index contributed by atoms with van der Waals surface area (Å²) in [6.07, 6.45) is 7.08.